The highest BCUT2D eigenvalue weighted by Gasteiger charge is 2.18. The highest BCUT2D eigenvalue weighted by molar-refractivity contribution is 7.99. The summed E-state index contributed by atoms with van der Waals surface area (Å²) in [5.74, 6) is 7.99. The molecule has 4 heteroatoms. The van der Waals surface area contributed by atoms with Gasteiger partial charge in [0.1, 0.15) is 0 Å². The molecule has 2 rings (SSSR count). The average molecular weight is 288 g/mol. The van der Waals surface area contributed by atoms with Crippen LogP contribution in [0.15, 0.2) is 18.2 Å². The first-order valence-corrected chi connectivity index (χ1v) is 8.04. The maximum atomic E-state index is 12.4. The number of hydrogen-bond donors (Lipinski definition) is 2. The number of rotatable bonds is 2. The molecule has 1 aliphatic rings. The van der Waals surface area contributed by atoms with Gasteiger partial charge in [-0.1, -0.05) is 17.9 Å². The number of amides is 1. The summed E-state index contributed by atoms with van der Waals surface area (Å²) in [6.07, 6.45) is 2.23. The first-order chi connectivity index (χ1) is 9.70. The summed E-state index contributed by atoms with van der Waals surface area (Å²) in [6.45, 7) is 2.29. The van der Waals surface area contributed by atoms with Crippen molar-refractivity contribution in [2.75, 3.05) is 18.1 Å². The van der Waals surface area contributed by atoms with Crippen LogP contribution in [-0.4, -0.2) is 30.0 Å². The molecule has 1 heterocycles. The van der Waals surface area contributed by atoms with Gasteiger partial charge in [0, 0.05) is 17.4 Å². The van der Waals surface area contributed by atoms with E-state index in [1.807, 2.05) is 36.9 Å². The number of carbonyl (C=O) groups excluding carboxylic acids is 1. The van der Waals surface area contributed by atoms with Gasteiger partial charge in [0.25, 0.3) is 5.91 Å². The van der Waals surface area contributed by atoms with Crippen LogP contribution in [0.2, 0.25) is 0 Å². The third kappa shape index (κ3) is 4.03. The molecule has 1 amide bonds. The van der Waals surface area contributed by atoms with E-state index in [0.29, 0.717) is 12.1 Å². The van der Waals surface area contributed by atoms with E-state index in [1.54, 1.807) is 0 Å². The summed E-state index contributed by atoms with van der Waals surface area (Å²) in [4.78, 5) is 12.4. The van der Waals surface area contributed by atoms with Gasteiger partial charge in [-0.3, -0.25) is 4.79 Å². The maximum absolute atomic E-state index is 12.4. The molecule has 3 N–H and O–H groups in total. The van der Waals surface area contributed by atoms with Gasteiger partial charge in [-0.2, -0.15) is 11.8 Å². The van der Waals surface area contributed by atoms with Crippen LogP contribution in [0.4, 0.5) is 0 Å². The van der Waals surface area contributed by atoms with Crippen molar-refractivity contribution in [1.82, 2.24) is 5.32 Å². The van der Waals surface area contributed by atoms with E-state index in [-0.39, 0.29) is 11.9 Å². The number of carbonyl (C=O) groups is 1. The topological polar surface area (TPSA) is 55.1 Å². The Morgan fingerprint density at radius 1 is 1.55 bits per heavy atom. The Morgan fingerprint density at radius 3 is 3.10 bits per heavy atom. The lowest BCUT2D eigenvalue weighted by atomic mass is 10.0. The van der Waals surface area contributed by atoms with Crippen LogP contribution in [0, 0.1) is 18.8 Å². The number of hydrogen-bond acceptors (Lipinski definition) is 3. The van der Waals surface area contributed by atoms with Gasteiger partial charge >= 0.3 is 0 Å². The number of benzene rings is 1. The third-order valence-corrected chi connectivity index (χ3v) is 4.46. The Hall–Kier alpha value is -1.44. The van der Waals surface area contributed by atoms with Crippen LogP contribution >= 0.6 is 11.8 Å². The standard InChI is InChI=1S/C16H20N2OS/c1-12-6-7-15(13(10-12)4-2-8-17)16(19)18-14-5-3-9-20-11-14/h6-7,10,14H,3,5,8-9,11,17H2,1H3,(H,18,19). The van der Waals surface area contributed by atoms with Crippen LogP contribution < -0.4 is 11.1 Å². The van der Waals surface area contributed by atoms with Gasteiger partial charge in [0.05, 0.1) is 12.1 Å². The van der Waals surface area contributed by atoms with Gasteiger partial charge in [0.2, 0.25) is 0 Å². The average Bonchev–Trinajstić information content (AvgIpc) is 2.46. The zero-order valence-corrected chi connectivity index (χ0v) is 12.6. The molecule has 0 spiro atoms. The molecule has 0 bridgehead atoms. The molecule has 3 nitrogen and oxygen atoms in total. The molecule has 1 fully saturated rings. The second-order valence-corrected chi connectivity index (χ2v) is 6.09. The maximum Gasteiger partial charge on any atom is 0.252 e. The molecule has 1 aliphatic heterocycles. The molecule has 20 heavy (non-hydrogen) atoms. The fraction of sp³-hybridized carbons (Fsp3) is 0.438. The van der Waals surface area contributed by atoms with Gasteiger partial charge in [0.15, 0.2) is 0 Å². The number of thioether (sulfide) groups is 1. The minimum Gasteiger partial charge on any atom is -0.348 e. The first-order valence-electron chi connectivity index (χ1n) is 6.89. The van der Waals surface area contributed by atoms with Crippen molar-refractivity contribution in [3.8, 4) is 11.8 Å². The Bertz CT molecular complexity index is 539. The zero-order valence-electron chi connectivity index (χ0n) is 11.7. The van der Waals surface area contributed by atoms with Crippen LogP contribution in [0.25, 0.3) is 0 Å². The summed E-state index contributed by atoms with van der Waals surface area (Å²) < 4.78 is 0. The lowest BCUT2D eigenvalue weighted by Gasteiger charge is -2.22. The fourth-order valence-corrected chi connectivity index (χ4v) is 3.30. The molecule has 0 aliphatic carbocycles. The van der Waals surface area contributed by atoms with Crippen LogP contribution in [0.5, 0.6) is 0 Å². The molecule has 1 aromatic rings. The molecule has 0 saturated carbocycles. The summed E-state index contributed by atoms with van der Waals surface area (Å²) in [5.41, 5.74) is 7.91. The number of nitrogens with two attached hydrogens (primary N) is 1. The smallest absolute Gasteiger partial charge is 0.252 e. The molecule has 0 aromatic heterocycles. The monoisotopic (exact) mass is 288 g/mol. The SMILES string of the molecule is Cc1ccc(C(=O)NC2CCCSC2)c(C#CCN)c1. The van der Waals surface area contributed by atoms with Crippen LogP contribution in [0.1, 0.15) is 34.3 Å². The zero-order chi connectivity index (χ0) is 14.4. The van der Waals surface area contributed by atoms with Crippen molar-refractivity contribution in [3.63, 3.8) is 0 Å². The van der Waals surface area contributed by atoms with Crippen molar-refractivity contribution in [3.05, 3.63) is 34.9 Å². The van der Waals surface area contributed by atoms with Gasteiger partial charge < -0.3 is 11.1 Å². The summed E-state index contributed by atoms with van der Waals surface area (Å²) in [6, 6.07) is 6.00. The van der Waals surface area contributed by atoms with E-state index in [1.165, 1.54) is 12.2 Å². The summed E-state index contributed by atoms with van der Waals surface area (Å²) in [5, 5.41) is 3.11. The Labute approximate surface area is 124 Å². The second-order valence-electron chi connectivity index (χ2n) is 4.94. The second kappa shape index (κ2) is 7.37. The molecule has 1 saturated heterocycles. The fourth-order valence-electron chi connectivity index (χ4n) is 2.22. The van der Waals surface area contributed by atoms with E-state index in [4.69, 9.17) is 5.73 Å². The van der Waals surface area contributed by atoms with Crippen molar-refractivity contribution >= 4 is 17.7 Å². The molecule has 106 valence electrons. The Balaban J connectivity index is 2.15. The minimum absolute atomic E-state index is 0.0289. The molecular weight excluding hydrogens is 268 g/mol. The predicted molar refractivity (Wildman–Crippen MR) is 84.9 cm³/mol. The highest BCUT2D eigenvalue weighted by Crippen LogP contribution is 2.18. The number of aryl methyl sites for hydroxylation is 1. The van der Waals surface area contributed by atoms with Crippen molar-refractivity contribution in [2.45, 2.75) is 25.8 Å². The van der Waals surface area contributed by atoms with Gasteiger partial charge in [-0.15, -0.1) is 0 Å². The van der Waals surface area contributed by atoms with Crippen molar-refractivity contribution < 1.29 is 4.79 Å². The van der Waals surface area contributed by atoms with E-state index in [9.17, 15) is 4.79 Å². The van der Waals surface area contributed by atoms with E-state index >= 15 is 0 Å². The molecular formula is C16H20N2OS. The molecule has 0 radical (unpaired) electrons. The van der Waals surface area contributed by atoms with Crippen molar-refractivity contribution in [1.29, 1.82) is 0 Å². The van der Waals surface area contributed by atoms with Gasteiger partial charge in [-0.25, -0.2) is 0 Å². The van der Waals surface area contributed by atoms with Crippen LogP contribution in [0.3, 0.4) is 0 Å². The highest BCUT2D eigenvalue weighted by atomic mass is 32.2. The van der Waals surface area contributed by atoms with Crippen LogP contribution in [-0.2, 0) is 0 Å². The van der Waals surface area contributed by atoms with Gasteiger partial charge in [-0.05, 0) is 43.2 Å². The minimum atomic E-state index is -0.0289. The predicted octanol–water partition coefficient (Wildman–Crippen LogP) is 1.93. The number of nitrogens with one attached hydrogen (secondary N) is 1. The molecule has 1 unspecified atom stereocenters. The van der Waals surface area contributed by atoms with Crippen molar-refractivity contribution in [2.24, 2.45) is 5.73 Å². The first kappa shape index (κ1) is 15.0. The third-order valence-electron chi connectivity index (χ3n) is 3.24. The Kier molecular flexibility index (Phi) is 5.51. The van der Waals surface area contributed by atoms with E-state index in [2.05, 4.69) is 17.2 Å². The molecule has 1 atom stereocenters. The molecule has 1 aromatic carbocycles. The van der Waals surface area contributed by atoms with E-state index in [0.717, 1.165) is 23.3 Å². The van der Waals surface area contributed by atoms with E-state index < -0.39 is 0 Å². The largest absolute Gasteiger partial charge is 0.348 e. The summed E-state index contributed by atoms with van der Waals surface area (Å²) >= 11 is 1.90. The normalized spacial score (nSPS) is 18.0. The quantitative estimate of drug-likeness (QED) is 0.818. The summed E-state index contributed by atoms with van der Waals surface area (Å²) in [7, 11) is 0. The lowest BCUT2D eigenvalue weighted by Crippen LogP contribution is -2.38. The Morgan fingerprint density at radius 2 is 2.40 bits per heavy atom. The lowest BCUT2D eigenvalue weighted by molar-refractivity contribution is 0.0938.